The first-order valence-electron chi connectivity index (χ1n) is 15.5. The number of hydrogen-bond acceptors (Lipinski definition) is 2. The molecular formula is C31H62N2. The van der Waals surface area contributed by atoms with Gasteiger partial charge in [-0.2, -0.15) is 0 Å². The molecule has 1 aliphatic heterocycles. The van der Waals surface area contributed by atoms with Gasteiger partial charge in [-0.1, -0.05) is 149 Å². The van der Waals surface area contributed by atoms with Gasteiger partial charge < -0.3 is 9.80 Å². The van der Waals surface area contributed by atoms with Crippen LogP contribution in [0, 0.1) is 0 Å². The average Bonchev–Trinajstić information content (AvgIpc) is 3.20. The summed E-state index contributed by atoms with van der Waals surface area (Å²) in [4.78, 5) is 5.25. The fourth-order valence-electron chi connectivity index (χ4n) is 5.34. The minimum absolute atomic E-state index is 0.637. The van der Waals surface area contributed by atoms with Gasteiger partial charge in [-0.3, -0.25) is 0 Å². The number of hydrogen-bond donors (Lipinski definition) is 0. The SMILES string of the molecule is CCCCCCCCCCCCCCCCCCCN1C=CN(CCCCCC)C1CCC. The molecule has 0 aromatic rings. The predicted molar refractivity (Wildman–Crippen MR) is 150 cm³/mol. The quantitative estimate of drug-likeness (QED) is 0.124. The van der Waals surface area contributed by atoms with Crippen LogP contribution < -0.4 is 0 Å². The molecule has 0 saturated carbocycles. The van der Waals surface area contributed by atoms with Crippen molar-refractivity contribution in [1.82, 2.24) is 9.80 Å². The Bertz CT molecular complexity index is 419. The molecule has 2 heteroatoms. The molecule has 0 radical (unpaired) electrons. The van der Waals surface area contributed by atoms with Crippen molar-refractivity contribution in [1.29, 1.82) is 0 Å². The molecule has 1 rings (SSSR count). The van der Waals surface area contributed by atoms with E-state index in [-0.39, 0.29) is 0 Å². The number of rotatable bonds is 25. The maximum absolute atomic E-state index is 2.63. The summed E-state index contributed by atoms with van der Waals surface area (Å²) in [6.07, 6.45) is 38.1. The van der Waals surface area contributed by atoms with E-state index >= 15 is 0 Å². The monoisotopic (exact) mass is 462 g/mol. The maximum atomic E-state index is 2.63. The molecule has 0 spiro atoms. The molecule has 33 heavy (non-hydrogen) atoms. The lowest BCUT2D eigenvalue weighted by atomic mass is 10.0. The Hall–Kier alpha value is -0.660. The minimum Gasteiger partial charge on any atom is -0.356 e. The molecule has 0 aromatic carbocycles. The van der Waals surface area contributed by atoms with Gasteiger partial charge >= 0.3 is 0 Å². The van der Waals surface area contributed by atoms with Crippen LogP contribution in [0.1, 0.15) is 168 Å². The van der Waals surface area contributed by atoms with E-state index < -0.39 is 0 Å². The molecule has 1 atom stereocenters. The molecule has 0 N–H and O–H groups in total. The summed E-state index contributed by atoms with van der Waals surface area (Å²) in [5, 5.41) is 0. The Kier molecular flexibility index (Phi) is 21.3. The Labute approximate surface area is 210 Å². The van der Waals surface area contributed by atoms with Gasteiger partial charge in [0.25, 0.3) is 0 Å². The Morgan fingerprint density at radius 2 is 0.697 bits per heavy atom. The van der Waals surface area contributed by atoms with Crippen molar-refractivity contribution in [2.45, 2.75) is 175 Å². The predicted octanol–water partition coefficient (Wildman–Crippen LogP) is 10.4. The van der Waals surface area contributed by atoms with Crippen LogP contribution in [-0.4, -0.2) is 29.1 Å². The molecule has 0 aliphatic carbocycles. The van der Waals surface area contributed by atoms with Crippen LogP contribution in [0.15, 0.2) is 12.4 Å². The Morgan fingerprint density at radius 1 is 0.394 bits per heavy atom. The summed E-state index contributed by atoms with van der Waals surface area (Å²) in [5.74, 6) is 0. The largest absolute Gasteiger partial charge is 0.356 e. The van der Waals surface area contributed by atoms with Crippen LogP contribution >= 0.6 is 0 Å². The average molecular weight is 463 g/mol. The van der Waals surface area contributed by atoms with Crippen LogP contribution in [-0.2, 0) is 0 Å². The number of unbranched alkanes of at least 4 members (excludes halogenated alkanes) is 19. The Balaban J connectivity index is 1.90. The molecule has 1 aliphatic rings. The normalized spacial score (nSPS) is 15.8. The Morgan fingerprint density at radius 3 is 1.03 bits per heavy atom. The second kappa shape index (κ2) is 23.1. The van der Waals surface area contributed by atoms with E-state index in [0.717, 1.165) is 0 Å². The molecule has 1 unspecified atom stereocenters. The van der Waals surface area contributed by atoms with E-state index in [1.165, 1.54) is 161 Å². The van der Waals surface area contributed by atoms with Crippen molar-refractivity contribution < 1.29 is 0 Å². The van der Waals surface area contributed by atoms with Crippen molar-refractivity contribution in [2.24, 2.45) is 0 Å². The second-order valence-corrected chi connectivity index (χ2v) is 10.8. The lowest BCUT2D eigenvalue weighted by Gasteiger charge is -2.33. The van der Waals surface area contributed by atoms with Crippen molar-refractivity contribution in [3.63, 3.8) is 0 Å². The van der Waals surface area contributed by atoms with Crippen LogP contribution in [0.5, 0.6) is 0 Å². The van der Waals surface area contributed by atoms with Crippen LogP contribution in [0.3, 0.4) is 0 Å². The van der Waals surface area contributed by atoms with Crippen molar-refractivity contribution in [3.05, 3.63) is 12.4 Å². The molecular weight excluding hydrogens is 400 g/mol. The van der Waals surface area contributed by atoms with Gasteiger partial charge in [-0.25, -0.2) is 0 Å². The highest BCUT2D eigenvalue weighted by molar-refractivity contribution is 4.96. The fourth-order valence-corrected chi connectivity index (χ4v) is 5.34. The molecule has 1 heterocycles. The molecule has 0 amide bonds. The summed E-state index contributed by atoms with van der Waals surface area (Å²) in [7, 11) is 0. The van der Waals surface area contributed by atoms with Gasteiger partial charge in [0.2, 0.25) is 0 Å². The van der Waals surface area contributed by atoms with E-state index in [1.54, 1.807) is 0 Å². The van der Waals surface area contributed by atoms with Gasteiger partial charge in [0.15, 0.2) is 0 Å². The third-order valence-electron chi connectivity index (χ3n) is 7.55. The third-order valence-corrected chi connectivity index (χ3v) is 7.55. The standard InChI is InChI=1S/C31H62N2/c1-4-7-9-11-12-13-14-15-16-17-18-19-20-21-22-23-25-28-33-30-29-32(31(33)26-6-3)27-24-10-8-5-2/h29-31H,4-28H2,1-3H3. The highest BCUT2D eigenvalue weighted by atomic mass is 15.4. The van der Waals surface area contributed by atoms with Gasteiger partial charge in [-0.15, -0.1) is 0 Å². The van der Waals surface area contributed by atoms with Crippen molar-refractivity contribution >= 4 is 0 Å². The van der Waals surface area contributed by atoms with Crippen LogP contribution in [0.25, 0.3) is 0 Å². The van der Waals surface area contributed by atoms with E-state index in [0.29, 0.717) is 6.17 Å². The van der Waals surface area contributed by atoms with Gasteiger partial charge in [0.1, 0.15) is 6.17 Å². The highest BCUT2D eigenvalue weighted by Crippen LogP contribution is 2.22. The minimum atomic E-state index is 0.637. The van der Waals surface area contributed by atoms with E-state index in [2.05, 4.69) is 43.0 Å². The second-order valence-electron chi connectivity index (χ2n) is 10.8. The smallest absolute Gasteiger partial charge is 0.101 e. The molecule has 0 bridgehead atoms. The summed E-state index contributed by atoms with van der Waals surface area (Å²) in [6.45, 7) is 9.44. The molecule has 0 saturated heterocycles. The van der Waals surface area contributed by atoms with Gasteiger partial charge in [0.05, 0.1) is 0 Å². The summed E-state index contributed by atoms with van der Waals surface area (Å²) in [5.41, 5.74) is 0. The maximum Gasteiger partial charge on any atom is 0.101 e. The summed E-state index contributed by atoms with van der Waals surface area (Å²) in [6, 6.07) is 0. The van der Waals surface area contributed by atoms with Crippen LogP contribution in [0.2, 0.25) is 0 Å². The number of nitrogens with zero attached hydrogens (tertiary/aromatic N) is 2. The first-order valence-corrected chi connectivity index (χ1v) is 15.5. The van der Waals surface area contributed by atoms with Gasteiger partial charge in [-0.05, 0) is 19.3 Å². The van der Waals surface area contributed by atoms with E-state index in [9.17, 15) is 0 Å². The van der Waals surface area contributed by atoms with Crippen LogP contribution in [0.4, 0.5) is 0 Å². The van der Waals surface area contributed by atoms with Crippen molar-refractivity contribution in [2.75, 3.05) is 13.1 Å². The zero-order chi connectivity index (χ0) is 23.8. The first-order chi connectivity index (χ1) is 16.3. The summed E-state index contributed by atoms with van der Waals surface area (Å²) < 4.78 is 0. The summed E-state index contributed by atoms with van der Waals surface area (Å²) >= 11 is 0. The zero-order valence-corrected chi connectivity index (χ0v) is 23.3. The molecule has 2 nitrogen and oxygen atoms in total. The zero-order valence-electron chi connectivity index (χ0n) is 23.3. The highest BCUT2D eigenvalue weighted by Gasteiger charge is 2.24. The molecule has 0 aromatic heterocycles. The third kappa shape index (κ3) is 16.6. The lowest BCUT2D eigenvalue weighted by Crippen LogP contribution is -2.39. The lowest BCUT2D eigenvalue weighted by molar-refractivity contribution is 0.138. The topological polar surface area (TPSA) is 6.48 Å². The molecule has 196 valence electrons. The first kappa shape index (κ1) is 30.4. The fraction of sp³-hybridized carbons (Fsp3) is 0.935. The van der Waals surface area contributed by atoms with E-state index in [4.69, 9.17) is 0 Å². The van der Waals surface area contributed by atoms with Crippen molar-refractivity contribution in [3.8, 4) is 0 Å². The van der Waals surface area contributed by atoms with E-state index in [1.807, 2.05) is 0 Å². The molecule has 0 fully saturated rings. The van der Waals surface area contributed by atoms with Gasteiger partial charge in [0, 0.05) is 25.5 Å².